The van der Waals surface area contributed by atoms with Crippen LogP contribution in [-0.2, 0) is 20.0 Å². The molecule has 0 aliphatic heterocycles. The second-order valence-electron chi connectivity index (χ2n) is 5.56. The van der Waals surface area contributed by atoms with Crippen molar-refractivity contribution in [3.8, 4) is 0 Å². The molecule has 0 atom stereocenters. The third-order valence-electron chi connectivity index (χ3n) is 3.67. The smallest absolute Gasteiger partial charge is 0.262 e. The summed E-state index contributed by atoms with van der Waals surface area (Å²) in [6.07, 6.45) is 0. The highest BCUT2D eigenvalue weighted by Crippen LogP contribution is 2.25. The van der Waals surface area contributed by atoms with Crippen molar-refractivity contribution in [3.63, 3.8) is 0 Å². The SMILES string of the molecule is CNS(=O)(=O)c1ccc(C)c(NS(=O)(=O)c2cc(C)ccc2C)c1. The van der Waals surface area contributed by atoms with Gasteiger partial charge in [-0.1, -0.05) is 18.2 Å². The van der Waals surface area contributed by atoms with Crippen molar-refractivity contribution in [2.45, 2.75) is 30.6 Å². The van der Waals surface area contributed by atoms with E-state index in [4.69, 9.17) is 0 Å². The summed E-state index contributed by atoms with van der Waals surface area (Å²) in [7, 11) is -6.18. The zero-order valence-corrected chi connectivity index (χ0v) is 15.5. The van der Waals surface area contributed by atoms with Gasteiger partial charge in [-0.25, -0.2) is 21.6 Å². The predicted octanol–water partition coefficient (Wildman–Crippen LogP) is 2.32. The van der Waals surface area contributed by atoms with Crippen LogP contribution in [0.25, 0.3) is 0 Å². The molecular weight excluding hydrogens is 348 g/mol. The van der Waals surface area contributed by atoms with Crippen molar-refractivity contribution < 1.29 is 16.8 Å². The highest BCUT2D eigenvalue weighted by Gasteiger charge is 2.20. The largest absolute Gasteiger partial charge is 0.279 e. The molecule has 0 saturated heterocycles. The fourth-order valence-electron chi connectivity index (χ4n) is 2.19. The van der Waals surface area contributed by atoms with Gasteiger partial charge in [0.25, 0.3) is 10.0 Å². The Balaban J connectivity index is 2.51. The number of hydrogen-bond acceptors (Lipinski definition) is 4. The molecule has 2 aromatic rings. The van der Waals surface area contributed by atoms with Crippen molar-refractivity contribution in [2.75, 3.05) is 11.8 Å². The minimum atomic E-state index is -3.82. The van der Waals surface area contributed by atoms with Gasteiger partial charge >= 0.3 is 0 Å². The Hall–Kier alpha value is -1.90. The number of sulfonamides is 2. The molecule has 0 aliphatic rings. The molecule has 0 heterocycles. The van der Waals surface area contributed by atoms with Crippen LogP contribution in [0.1, 0.15) is 16.7 Å². The summed E-state index contributed by atoms with van der Waals surface area (Å²) >= 11 is 0. The van der Waals surface area contributed by atoms with E-state index in [9.17, 15) is 16.8 Å². The topological polar surface area (TPSA) is 92.3 Å². The molecule has 8 heteroatoms. The first-order valence-corrected chi connectivity index (χ1v) is 10.2. The Morgan fingerprint density at radius 1 is 0.792 bits per heavy atom. The molecule has 2 rings (SSSR count). The van der Waals surface area contributed by atoms with Crippen LogP contribution in [0.3, 0.4) is 0 Å². The van der Waals surface area contributed by atoms with Crippen molar-refractivity contribution in [1.29, 1.82) is 0 Å². The van der Waals surface area contributed by atoms with Crippen LogP contribution in [0.2, 0.25) is 0 Å². The summed E-state index contributed by atoms with van der Waals surface area (Å²) in [6.45, 7) is 5.23. The first-order chi connectivity index (χ1) is 11.1. The lowest BCUT2D eigenvalue weighted by atomic mass is 10.2. The molecule has 6 nitrogen and oxygen atoms in total. The second-order valence-corrected chi connectivity index (χ2v) is 9.10. The van der Waals surface area contributed by atoms with Gasteiger partial charge < -0.3 is 0 Å². The van der Waals surface area contributed by atoms with Gasteiger partial charge in [0.2, 0.25) is 10.0 Å². The van der Waals surface area contributed by atoms with Gasteiger partial charge in [0.1, 0.15) is 0 Å². The minimum absolute atomic E-state index is 0.00531. The molecule has 0 fully saturated rings. The van der Waals surface area contributed by atoms with Gasteiger partial charge in [0.05, 0.1) is 15.5 Å². The van der Waals surface area contributed by atoms with E-state index in [1.165, 1.54) is 19.2 Å². The summed E-state index contributed by atoms with van der Waals surface area (Å²) in [5.74, 6) is 0. The van der Waals surface area contributed by atoms with Gasteiger partial charge in [0, 0.05) is 0 Å². The summed E-state index contributed by atoms with van der Waals surface area (Å²) in [4.78, 5) is 0.165. The summed E-state index contributed by atoms with van der Waals surface area (Å²) < 4.78 is 53.9. The fraction of sp³-hybridized carbons (Fsp3) is 0.250. The van der Waals surface area contributed by atoms with Crippen LogP contribution < -0.4 is 9.44 Å². The van der Waals surface area contributed by atoms with Crippen LogP contribution in [0.4, 0.5) is 5.69 Å². The minimum Gasteiger partial charge on any atom is -0.279 e. The quantitative estimate of drug-likeness (QED) is 0.847. The van der Waals surface area contributed by atoms with Gasteiger partial charge in [-0.05, 0) is 62.7 Å². The average Bonchev–Trinajstić information content (AvgIpc) is 2.51. The Labute approximate surface area is 143 Å². The molecule has 130 valence electrons. The summed E-state index contributed by atoms with van der Waals surface area (Å²) in [5.41, 5.74) is 2.29. The standard InChI is InChI=1S/C16H20N2O4S2/c1-11-5-6-13(3)16(9-11)24(21,22)18-15-10-14(8-7-12(15)2)23(19,20)17-4/h5-10,17-18H,1-4H3. The van der Waals surface area contributed by atoms with Crippen molar-refractivity contribution in [3.05, 3.63) is 53.1 Å². The van der Waals surface area contributed by atoms with Crippen LogP contribution in [0.15, 0.2) is 46.2 Å². The van der Waals surface area contributed by atoms with Gasteiger partial charge in [-0.2, -0.15) is 0 Å². The molecule has 0 bridgehead atoms. The van der Waals surface area contributed by atoms with E-state index >= 15 is 0 Å². The van der Waals surface area contributed by atoms with E-state index in [1.54, 1.807) is 32.0 Å². The highest BCUT2D eigenvalue weighted by atomic mass is 32.2. The first-order valence-electron chi connectivity index (χ1n) is 7.21. The fourth-order valence-corrected chi connectivity index (χ4v) is 4.40. The maximum Gasteiger partial charge on any atom is 0.262 e. The van der Waals surface area contributed by atoms with E-state index in [-0.39, 0.29) is 15.5 Å². The Morgan fingerprint density at radius 2 is 1.42 bits per heavy atom. The number of rotatable bonds is 5. The number of aryl methyl sites for hydroxylation is 3. The maximum atomic E-state index is 12.7. The zero-order valence-electron chi connectivity index (χ0n) is 13.9. The molecule has 0 saturated carbocycles. The molecule has 0 spiro atoms. The van der Waals surface area contributed by atoms with Crippen LogP contribution in [0, 0.1) is 20.8 Å². The summed E-state index contributed by atoms with van der Waals surface area (Å²) in [6, 6.07) is 9.45. The molecule has 0 aliphatic carbocycles. The van der Waals surface area contributed by atoms with E-state index < -0.39 is 20.0 Å². The molecule has 0 unspecified atom stereocenters. The van der Waals surface area contributed by atoms with Gasteiger partial charge in [-0.3, -0.25) is 4.72 Å². The lowest BCUT2D eigenvalue weighted by Crippen LogP contribution is -2.20. The molecule has 2 aromatic carbocycles. The van der Waals surface area contributed by atoms with Crippen LogP contribution >= 0.6 is 0 Å². The Bertz CT molecular complexity index is 981. The highest BCUT2D eigenvalue weighted by molar-refractivity contribution is 7.92. The molecule has 0 aromatic heterocycles. The van der Waals surface area contributed by atoms with Gasteiger partial charge in [0.15, 0.2) is 0 Å². The molecular formula is C16H20N2O4S2. The van der Waals surface area contributed by atoms with Crippen molar-refractivity contribution in [1.82, 2.24) is 4.72 Å². The van der Waals surface area contributed by atoms with E-state index in [0.717, 1.165) is 5.56 Å². The molecule has 2 N–H and O–H groups in total. The van der Waals surface area contributed by atoms with E-state index in [1.807, 2.05) is 13.0 Å². The van der Waals surface area contributed by atoms with E-state index in [2.05, 4.69) is 9.44 Å². The third-order valence-corrected chi connectivity index (χ3v) is 6.59. The number of benzene rings is 2. The molecule has 0 amide bonds. The second kappa shape index (κ2) is 6.54. The van der Waals surface area contributed by atoms with Crippen LogP contribution in [0.5, 0.6) is 0 Å². The summed E-state index contributed by atoms with van der Waals surface area (Å²) in [5, 5.41) is 0. The first kappa shape index (κ1) is 18.4. The van der Waals surface area contributed by atoms with E-state index in [0.29, 0.717) is 11.1 Å². The lowest BCUT2D eigenvalue weighted by molar-refractivity contribution is 0.587. The molecule has 0 radical (unpaired) electrons. The average molecular weight is 368 g/mol. The lowest BCUT2D eigenvalue weighted by Gasteiger charge is -2.14. The Kier molecular flexibility index (Phi) is 5.03. The van der Waals surface area contributed by atoms with Crippen LogP contribution in [-0.4, -0.2) is 23.9 Å². The molecule has 24 heavy (non-hydrogen) atoms. The normalized spacial score (nSPS) is 12.2. The van der Waals surface area contributed by atoms with Gasteiger partial charge in [-0.15, -0.1) is 0 Å². The maximum absolute atomic E-state index is 12.7. The van der Waals surface area contributed by atoms with Crippen molar-refractivity contribution in [2.24, 2.45) is 0 Å². The monoisotopic (exact) mass is 368 g/mol. The third kappa shape index (κ3) is 3.77. The zero-order chi connectivity index (χ0) is 18.1. The number of nitrogens with one attached hydrogen (secondary N) is 2. The van der Waals surface area contributed by atoms with Crippen molar-refractivity contribution >= 4 is 25.7 Å². The number of hydrogen-bond donors (Lipinski definition) is 2. The Morgan fingerprint density at radius 3 is 2.04 bits per heavy atom. The predicted molar refractivity (Wildman–Crippen MR) is 94.1 cm³/mol. The number of anilines is 1.